The summed E-state index contributed by atoms with van der Waals surface area (Å²) in [6, 6.07) is 16.9. The number of benzene rings is 2. The van der Waals surface area contributed by atoms with Crippen LogP contribution in [0.2, 0.25) is 5.02 Å². The topological polar surface area (TPSA) is 87.5 Å². The maximum atomic E-state index is 12.9. The van der Waals surface area contributed by atoms with Crippen LogP contribution in [-0.4, -0.2) is 52.5 Å². The molecule has 36 heavy (non-hydrogen) atoms. The van der Waals surface area contributed by atoms with E-state index >= 15 is 0 Å². The van der Waals surface area contributed by atoms with Crippen LogP contribution in [0.15, 0.2) is 59.5 Å². The number of ether oxygens (including phenoxy) is 2. The van der Waals surface area contributed by atoms with E-state index in [1.165, 1.54) is 37.7 Å². The van der Waals surface area contributed by atoms with E-state index in [1.54, 1.807) is 11.7 Å². The Hall–Kier alpha value is -3.33. The van der Waals surface area contributed by atoms with Gasteiger partial charge in [0.2, 0.25) is 5.88 Å². The number of fused-ring (bicyclic) bond motifs is 1. The summed E-state index contributed by atoms with van der Waals surface area (Å²) in [4.78, 5) is 19.6. The van der Waals surface area contributed by atoms with Crippen LogP contribution < -0.4 is 16.3 Å². The van der Waals surface area contributed by atoms with Crippen molar-refractivity contribution in [2.75, 3.05) is 39.3 Å². The van der Waals surface area contributed by atoms with Gasteiger partial charge in [-0.2, -0.15) is 0 Å². The highest BCUT2D eigenvalue weighted by Crippen LogP contribution is 2.30. The van der Waals surface area contributed by atoms with E-state index in [2.05, 4.69) is 46.3 Å². The van der Waals surface area contributed by atoms with Gasteiger partial charge in [-0.25, -0.2) is 14.5 Å². The van der Waals surface area contributed by atoms with Crippen LogP contribution in [0.4, 0.5) is 0 Å². The first-order valence-corrected chi connectivity index (χ1v) is 12.5. The monoisotopic (exact) mass is 507 g/mol. The lowest BCUT2D eigenvalue weighted by atomic mass is 10.0. The van der Waals surface area contributed by atoms with Crippen LogP contribution in [0.5, 0.6) is 5.88 Å². The lowest BCUT2D eigenvalue weighted by molar-refractivity contribution is 0.144. The Balaban J connectivity index is 1.35. The molecule has 3 heterocycles. The highest BCUT2D eigenvalue weighted by Gasteiger charge is 2.19. The summed E-state index contributed by atoms with van der Waals surface area (Å²) < 4.78 is 13.2. The van der Waals surface area contributed by atoms with Crippen LogP contribution in [0.25, 0.3) is 22.2 Å². The Morgan fingerprint density at radius 2 is 1.56 bits per heavy atom. The molecule has 0 bridgehead atoms. The van der Waals surface area contributed by atoms with E-state index < -0.39 is 0 Å². The third-order valence-electron chi connectivity index (χ3n) is 6.62. The third-order valence-corrected chi connectivity index (χ3v) is 6.96. The zero-order valence-electron chi connectivity index (χ0n) is 20.3. The molecule has 1 aliphatic heterocycles. The molecular weight excluding hydrogens is 478 g/mol. The Labute approximate surface area is 214 Å². The van der Waals surface area contributed by atoms with Crippen molar-refractivity contribution in [1.29, 1.82) is 0 Å². The van der Waals surface area contributed by atoms with Crippen LogP contribution >= 0.6 is 11.6 Å². The first-order valence-electron chi connectivity index (χ1n) is 12.1. The summed E-state index contributed by atoms with van der Waals surface area (Å²) in [5, 5.41) is 0.246. The zero-order valence-corrected chi connectivity index (χ0v) is 21.1. The molecule has 9 heteroatoms. The Kier molecular flexibility index (Phi) is 7.27. The maximum Gasteiger partial charge on any atom is 0.347 e. The number of rotatable bonds is 9. The molecule has 0 aliphatic carbocycles. The first kappa shape index (κ1) is 24.4. The van der Waals surface area contributed by atoms with Crippen LogP contribution in [-0.2, 0) is 17.8 Å². The molecule has 8 nitrogen and oxygen atoms in total. The Morgan fingerprint density at radius 1 is 0.944 bits per heavy atom. The van der Waals surface area contributed by atoms with E-state index in [9.17, 15) is 4.79 Å². The number of hydrogen-bond acceptors (Lipinski definition) is 6. The maximum absolute atomic E-state index is 12.9. The molecule has 2 N–H and O–H groups in total. The third kappa shape index (κ3) is 4.97. The summed E-state index contributed by atoms with van der Waals surface area (Å²) in [6.07, 6.45) is 4.10. The van der Waals surface area contributed by atoms with Crippen molar-refractivity contribution in [2.24, 2.45) is 0 Å². The number of imidazole rings is 1. The molecule has 0 spiro atoms. The second-order valence-corrected chi connectivity index (χ2v) is 9.45. The van der Waals surface area contributed by atoms with Crippen molar-refractivity contribution >= 4 is 22.6 Å². The number of likely N-dealkylation sites (tertiary alicyclic amines) is 1. The fraction of sp³-hybridized carbons (Fsp3) is 0.333. The van der Waals surface area contributed by atoms with Crippen LogP contribution in [0.1, 0.15) is 24.0 Å². The van der Waals surface area contributed by atoms with Gasteiger partial charge in [0.1, 0.15) is 17.1 Å². The number of hydrogen-bond donors (Lipinski definition) is 1. The first-order chi connectivity index (χ1) is 17.5. The smallest absolute Gasteiger partial charge is 0.347 e. The van der Waals surface area contributed by atoms with Crippen molar-refractivity contribution in [3.63, 3.8) is 0 Å². The van der Waals surface area contributed by atoms with Crippen molar-refractivity contribution in [3.8, 4) is 17.0 Å². The normalized spacial score (nSPS) is 14.1. The summed E-state index contributed by atoms with van der Waals surface area (Å²) in [6.45, 7) is 4.41. The summed E-state index contributed by atoms with van der Waals surface area (Å²) in [5.74, 6) is 6.26. The van der Waals surface area contributed by atoms with Crippen molar-refractivity contribution in [3.05, 3.63) is 81.4 Å². The summed E-state index contributed by atoms with van der Waals surface area (Å²) >= 11 is 6.59. The van der Waals surface area contributed by atoms with Gasteiger partial charge in [0, 0.05) is 13.7 Å². The van der Waals surface area contributed by atoms with Gasteiger partial charge in [0.15, 0.2) is 0 Å². The minimum Gasteiger partial charge on any atom is -0.474 e. The highest BCUT2D eigenvalue weighted by atomic mass is 35.5. The molecular formula is C27H30ClN5O3. The van der Waals surface area contributed by atoms with Crippen molar-refractivity contribution in [2.45, 2.75) is 25.9 Å². The lowest BCUT2D eigenvalue weighted by Gasteiger charge is -2.14. The van der Waals surface area contributed by atoms with E-state index in [1.807, 2.05) is 12.1 Å². The number of nitrogens with two attached hydrogens (primary N) is 1. The predicted octanol–water partition coefficient (Wildman–Crippen LogP) is 3.90. The number of nitrogen functional groups attached to an aromatic ring is 1. The predicted molar refractivity (Wildman–Crippen MR) is 142 cm³/mol. The number of nitrogens with zero attached hydrogens (tertiary/aromatic N) is 4. The molecule has 0 radical (unpaired) electrons. The van der Waals surface area contributed by atoms with Gasteiger partial charge >= 0.3 is 5.69 Å². The second-order valence-electron chi connectivity index (χ2n) is 9.07. The minimum absolute atomic E-state index is 0.240. The van der Waals surface area contributed by atoms with Crippen molar-refractivity contribution < 1.29 is 9.47 Å². The molecule has 0 saturated carbocycles. The highest BCUT2D eigenvalue weighted by molar-refractivity contribution is 6.36. The zero-order chi connectivity index (χ0) is 25.1. The van der Waals surface area contributed by atoms with Gasteiger partial charge in [-0.1, -0.05) is 60.1 Å². The van der Waals surface area contributed by atoms with Crippen LogP contribution in [0.3, 0.4) is 0 Å². The fourth-order valence-electron chi connectivity index (χ4n) is 4.67. The van der Waals surface area contributed by atoms with E-state index in [0.717, 1.165) is 27.9 Å². The fourth-order valence-corrected chi connectivity index (χ4v) is 4.97. The molecule has 4 aromatic rings. The molecule has 2 aromatic carbocycles. The SMILES string of the molecule is COCCOc1ncc2c(c1Cl)n(Cc1ccc(-c3ccc(CN4CCCC4)cc3)cc1)c(=O)n2N. The quantitative estimate of drug-likeness (QED) is 0.273. The number of aromatic nitrogens is 3. The average Bonchev–Trinajstić information content (AvgIpc) is 3.49. The molecule has 0 amide bonds. The number of methoxy groups -OCH3 is 1. The van der Waals surface area contributed by atoms with E-state index in [0.29, 0.717) is 30.8 Å². The van der Waals surface area contributed by atoms with Gasteiger partial charge < -0.3 is 15.3 Å². The summed E-state index contributed by atoms with van der Waals surface area (Å²) in [7, 11) is 1.59. The van der Waals surface area contributed by atoms with Gasteiger partial charge in [0.05, 0.1) is 24.9 Å². The Morgan fingerprint density at radius 3 is 2.17 bits per heavy atom. The summed E-state index contributed by atoms with van der Waals surface area (Å²) in [5.41, 5.74) is 5.13. The molecule has 1 saturated heterocycles. The standard InChI is InChI=1S/C27H30ClN5O3/c1-35-14-15-36-26-24(28)25-23(16-30-26)33(29)27(34)32(25)18-20-6-10-22(11-7-20)21-8-4-19(5-9-21)17-31-12-2-3-13-31/h4-11,16H,2-3,12-15,17-18,29H2,1H3. The van der Waals surface area contributed by atoms with Gasteiger partial charge in [-0.3, -0.25) is 9.47 Å². The van der Waals surface area contributed by atoms with Gasteiger partial charge in [-0.05, 0) is 48.2 Å². The second kappa shape index (κ2) is 10.7. The number of halogens is 1. The van der Waals surface area contributed by atoms with Crippen molar-refractivity contribution in [1.82, 2.24) is 19.1 Å². The van der Waals surface area contributed by atoms with Gasteiger partial charge in [0.25, 0.3) is 0 Å². The molecule has 2 aromatic heterocycles. The van der Waals surface area contributed by atoms with E-state index in [-0.39, 0.29) is 16.6 Å². The largest absolute Gasteiger partial charge is 0.474 e. The number of pyridine rings is 1. The molecule has 1 fully saturated rings. The molecule has 0 atom stereocenters. The van der Waals surface area contributed by atoms with Crippen LogP contribution in [0, 0.1) is 0 Å². The van der Waals surface area contributed by atoms with Gasteiger partial charge in [-0.15, -0.1) is 0 Å². The molecule has 5 rings (SSSR count). The molecule has 188 valence electrons. The average molecular weight is 508 g/mol. The Bertz CT molecular complexity index is 1390. The van der Waals surface area contributed by atoms with E-state index in [4.69, 9.17) is 26.9 Å². The minimum atomic E-state index is -0.375. The molecule has 0 unspecified atom stereocenters. The lowest BCUT2D eigenvalue weighted by Crippen LogP contribution is -2.29. The molecule has 1 aliphatic rings.